The van der Waals surface area contributed by atoms with Crippen molar-refractivity contribution in [3.8, 4) is 0 Å². The van der Waals surface area contributed by atoms with Crippen LogP contribution in [-0.4, -0.2) is 15.4 Å². The van der Waals surface area contributed by atoms with Gasteiger partial charge in [-0.05, 0) is 74.4 Å². The number of rotatable bonds is 5. The topological polar surface area (TPSA) is 70.5 Å². The van der Waals surface area contributed by atoms with E-state index in [-0.39, 0.29) is 12.1 Å². The van der Waals surface area contributed by atoms with Gasteiger partial charge in [-0.25, -0.2) is 9.78 Å². The van der Waals surface area contributed by atoms with Crippen molar-refractivity contribution < 1.29 is 4.79 Å². The smallest absolute Gasteiger partial charge is 0.319 e. The van der Waals surface area contributed by atoms with Crippen LogP contribution in [0.4, 0.5) is 16.2 Å². The lowest BCUT2D eigenvalue weighted by molar-refractivity contribution is 0.248. The van der Waals surface area contributed by atoms with Gasteiger partial charge >= 0.3 is 6.03 Å². The molecule has 0 saturated heterocycles. The molecule has 0 unspecified atom stereocenters. The second kappa shape index (κ2) is 8.86. The highest BCUT2D eigenvalue weighted by Gasteiger charge is 2.23. The SMILES string of the molecule is Cc1cccc(C)c1CNc1cc(NC(=O)N[C@H]2CCc3ccccc32)cn2c(C)c(C)nc12. The maximum atomic E-state index is 12.9. The van der Waals surface area contributed by atoms with Gasteiger partial charge in [-0.15, -0.1) is 0 Å². The Bertz CT molecular complexity index is 1370. The Hall–Kier alpha value is -3.80. The summed E-state index contributed by atoms with van der Waals surface area (Å²) in [7, 11) is 0. The number of aryl methyl sites for hydroxylation is 5. The number of urea groups is 1. The number of imidazole rings is 1. The quantitative estimate of drug-likeness (QED) is 0.348. The van der Waals surface area contributed by atoms with Crippen molar-refractivity contribution in [3.63, 3.8) is 0 Å². The number of aromatic nitrogens is 2. The summed E-state index contributed by atoms with van der Waals surface area (Å²) in [5.74, 6) is 0. The number of fused-ring (bicyclic) bond motifs is 2. The van der Waals surface area contributed by atoms with Crippen molar-refractivity contribution >= 4 is 23.1 Å². The maximum absolute atomic E-state index is 12.9. The highest BCUT2D eigenvalue weighted by atomic mass is 16.2. The van der Waals surface area contributed by atoms with Crippen molar-refractivity contribution in [2.24, 2.45) is 0 Å². The second-order valence-corrected chi connectivity index (χ2v) is 9.23. The lowest BCUT2D eigenvalue weighted by Crippen LogP contribution is -2.31. The van der Waals surface area contributed by atoms with E-state index in [9.17, 15) is 4.79 Å². The maximum Gasteiger partial charge on any atom is 0.319 e. The number of nitrogens with zero attached hydrogens (tertiary/aromatic N) is 2. The first-order valence-electron chi connectivity index (χ1n) is 11.8. The van der Waals surface area contributed by atoms with Crippen LogP contribution >= 0.6 is 0 Å². The number of benzene rings is 2. The zero-order chi connectivity index (χ0) is 23.8. The van der Waals surface area contributed by atoms with E-state index in [1.165, 1.54) is 27.8 Å². The van der Waals surface area contributed by atoms with Gasteiger partial charge in [-0.2, -0.15) is 0 Å². The lowest BCUT2D eigenvalue weighted by atomic mass is 10.0. The number of carbonyl (C=O) groups excluding carboxylic acids is 1. The van der Waals surface area contributed by atoms with Crippen molar-refractivity contribution in [2.45, 2.75) is 53.1 Å². The molecule has 1 aliphatic carbocycles. The summed E-state index contributed by atoms with van der Waals surface area (Å²) in [5, 5.41) is 9.77. The molecule has 2 aromatic carbocycles. The molecule has 2 amide bonds. The zero-order valence-electron chi connectivity index (χ0n) is 20.2. The Morgan fingerprint density at radius 3 is 2.62 bits per heavy atom. The standard InChI is InChI=1S/C28H31N5O/c1-17-8-7-9-18(2)24(17)15-29-26-14-22(16-33-20(4)19(3)30-27(26)33)31-28(34)32-25-13-12-21-10-5-6-11-23(21)25/h5-11,14,16,25,29H,12-13,15H2,1-4H3,(H2,31,32,34)/t25-/m0/s1. The van der Waals surface area contributed by atoms with Crippen LogP contribution in [0.25, 0.3) is 5.65 Å². The molecule has 0 bridgehead atoms. The molecule has 4 aromatic rings. The average Bonchev–Trinajstić information content (AvgIpc) is 3.34. The third kappa shape index (κ3) is 4.12. The fraction of sp³-hybridized carbons (Fsp3) is 0.286. The van der Waals surface area contributed by atoms with Crippen LogP contribution in [0.3, 0.4) is 0 Å². The first kappa shape index (κ1) is 22.0. The fourth-order valence-electron chi connectivity index (χ4n) is 4.91. The molecule has 2 heterocycles. The fourth-order valence-corrected chi connectivity index (χ4v) is 4.91. The molecular formula is C28H31N5O. The molecule has 6 nitrogen and oxygen atoms in total. The number of hydrogen-bond acceptors (Lipinski definition) is 3. The molecule has 0 saturated carbocycles. The molecule has 34 heavy (non-hydrogen) atoms. The van der Waals surface area contributed by atoms with Crippen LogP contribution in [0.1, 0.15) is 51.7 Å². The van der Waals surface area contributed by atoms with E-state index in [1.807, 2.05) is 36.6 Å². The molecule has 2 aromatic heterocycles. The van der Waals surface area contributed by atoms with Gasteiger partial charge in [0.25, 0.3) is 0 Å². The molecule has 1 aliphatic rings. The molecule has 1 atom stereocenters. The number of pyridine rings is 1. The lowest BCUT2D eigenvalue weighted by Gasteiger charge is -2.17. The van der Waals surface area contributed by atoms with E-state index >= 15 is 0 Å². The van der Waals surface area contributed by atoms with E-state index in [0.717, 1.165) is 41.3 Å². The van der Waals surface area contributed by atoms with E-state index in [1.54, 1.807) is 0 Å². The number of carbonyl (C=O) groups is 1. The largest absolute Gasteiger partial charge is 0.378 e. The van der Waals surface area contributed by atoms with E-state index in [0.29, 0.717) is 6.54 Å². The average molecular weight is 454 g/mol. The predicted molar refractivity (Wildman–Crippen MR) is 138 cm³/mol. The van der Waals surface area contributed by atoms with Gasteiger partial charge in [0.05, 0.1) is 23.1 Å². The molecule has 0 spiro atoms. The van der Waals surface area contributed by atoms with Crippen LogP contribution in [0.2, 0.25) is 0 Å². The minimum atomic E-state index is -0.198. The molecule has 0 aliphatic heterocycles. The molecule has 3 N–H and O–H groups in total. The summed E-state index contributed by atoms with van der Waals surface area (Å²) in [6.45, 7) is 9.01. The van der Waals surface area contributed by atoms with Crippen molar-refractivity contribution in [3.05, 3.63) is 93.9 Å². The monoisotopic (exact) mass is 453 g/mol. The number of hydrogen-bond donors (Lipinski definition) is 3. The second-order valence-electron chi connectivity index (χ2n) is 9.23. The van der Waals surface area contributed by atoms with Crippen LogP contribution in [0, 0.1) is 27.7 Å². The Morgan fingerprint density at radius 2 is 1.82 bits per heavy atom. The van der Waals surface area contributed by atoms with Crippen molar-refractivity contribution in [1.82, 2.24) is 14.7 Å². The van der Waals surface area contributed by atoms with E-state index in [2.05, 4.69) is 66.2 Å². The molecule has 0 fully saturated rings. The molecule has 5 rings (SSSR count). The highest BCUT2D eigenvalue weighted by molar-refractivity contribution is 5.91. The molecular weight excluding hydrogens is 422 g/mol. The summed E-state index contributed by atoms with van der Waals surface area (Å²) >= 11 is 0. The highest BCUT2D eigenvalue weighted by Crippen LogP contribution is 2.31. The Kier molecular flexibility index (Phi) is 5.74. The van der Waals surface area contributed by atoms with Gasteiger partial charge in [0.2, 0.25) is 0 Å². The Balaban J connectivity index is 1.39. The zero-order valence-corrected chi connectivity index (χ0v) is 20.2. The van der Waals surface area contributed by atoms with Gasteiger partial charge < -0.3 is 20.4 Å². The first-order chi connectivity index (χ1) is 16.4. The molecule has 0 radical (unpaired) electrons. The Morgan fingerprint density at radius 1 is 1.06 bits per heavy atom. The van der Waals surface area contributed by atoms with Crippen LogP contribution in [-0.2, 0) is 13.0 Å². The Labute approximate surface area is 200 Å². The van der Waals surface area contributed by atoms with Gasteiger partial charge in [0.15, 0.2) is 5.65 Å². The number of amides is 2. The summed E-state index contributed by atoms with van der Waals surface area (Å²) in [6.07, 6.45) is 3.86. The molecule has 6 heteroatoms. The van der Waals surface area contributed by atoms with Crippen molar-refractivity contribution in [1.29, 1.82) is 0 Å². The van der Waals surface area contributed by atoms with E-state index < -0.39 is 0 Å². The minimum Gasteiger partial charge on any atom is -0.378 e. The third-order valence-electron chi connectivity index (χ3n) is 6.99. The summed E-state index contributed by atoms with van der Waals surface area (Å²) in [4.78, 5) is 17.7. The summed E-state index contributed by atoms with van der Waals surface area (Å²) in [5.41, 5.74) is 10.8. The molecule has 174 valence electrons. The van der Waals surface area contributed by atoms with Gasteiger partial charge in [-0.1, -0.05) is 42.5 Å². The number of nitrogens with one attached hydrogen (secondary N) is 3. The minimum absolute atomic E-state index is 0.0405. The third-order valence-corrected chi connectivity index (χ3v) is 6.99. The first-order valence-corrected chi connectivity index (χ1v) is 11.8. The summed E-state index contributed by atoms with van der Waals surface area (Å²) in [6, 6.07) is 16.5. The van der Waals surface area contributed by atoms with Crippen LogP contribution in [0.5, 0.6) is 0 Å². The van der Waals surface area contributed by atoms with E-state index in [4.69, 9.17) is 4.98 Å². The predicted octanol–water partition coefficient (Wildman–Crippen LogP) is 5.99. The van der Waals surface area contributed by atoms with Gasteiger partial charge in [0, 0.05) is 18.4 Å². The summed E-state index contributed by atoms with van der Waals surface area (Å²) < 4.78 is 2.04. The van der Waals surface area contributed by atoms with Crippen molar-refractivity contribution in [2.75, 3.05) is 10.6 Å². The van der Waals surface area contributed by atoms with Gasteiger partial charge in [-0.3, -0.25) is 0 Å². The normalized spacial score (nSPS) is 14.8. The van der Waals surface area contributed by atoms with Gasteiger partial charge in [0.1, 0.15) is 0 Å². The number of anilines is 2. The van der Waals surface area contributed by atoms with Crippen LogP contribution < -0.4 is 16.0 Å². The van der Waals surface area contributed by atoms with Crippen LogP contribution in [0.15, 0.2) is 54.7 Å².